The molecule has 0 unspecified atom stereocenters. The van der Waals surface area contributed by atoms with Crippen LogP contribution in [0.4, 0.5) is 0 Å². The van der Waals surface area contributed by atoms with Crippen LogP contribution in [0.25, 0.3) is 0 Å². The second kappa shape index (κ2) is 9.32. The molecule has 0 saturated carbocycles. The molecule has 0 atom stereocenters. The molecule has 1 N–H and O–H groups in total. The van der Waals surface area contributed by atoms with Gasteiger partial charge < -0.3 is 14.2 Å². The van der Waals surface area contributed by atoms with Crippen LogP contribution in [-0.4, -0.2) is 32.4 Å². The van der Waals surface area contributed by atoms with Crippen molar-refractivity contribution < 1.29 is 19.0 Å². The second-order valence-corrected chi connectivity index (χ2v) is 5.24. The number of methoxy groups -OCH3 is 1. The average Bonchev–Trinajstić information content (AvgIpc) is 2.62. The highest BCUT2D eigenvalue weighted by Gasteiger charge is 2.04. The summed E-state index contributed by atoms with van der Waals surface area (Å²) in [4.78, 5) is 11.7. The highest BCUT2D eigenvalue weighted by atomic mass is 16.5. The van der Waals surface area contributed by atoms with E-state index in [1.807, 2.05) is 44.2 Å². The number of nitrogens with zero attached hydrogens (tertiary/aromatic N) is 1. The van der Waals surface area contributed by atoms with E-state index in [9.17, 15) is 4.79 Å². The summed E-state index contributed by atoms with van der Waals surface area (Å²) in [6.07, 6.45) is 1.53. The number of ether oxygens (including phenoxy) is 3. The first-order valence-electron chi connectivity index (χ1n) is 7.94. The van der Waals surface area contributed by atoms with Gasteiger partial charge in [-0.1, -0.05) is 17.7 Å². The lowest BCUT2D eigenvalue weighted by molar-refractivity contribution is -0.123. The molecule has 0 aliphatic carbocycles. The quantitative estimate of drug-likeness (QED) is 0.591. The van der Waals surface area contributed by atoms with Gasteiger partial charge in [0.2, 0.25) is 0 Å². The Hall–Kier alpha value is -3.02. The van der Waals surface area contributed by atoms with E-state index in [0.29, 0.717) is 23.9 Å². The molecule has 0 aliphatic heterocycles. The third kappa shape index (κ3) is 5.84. The molecule has 0 saturated heterocycles. The molecule has 2 aromatic carbocycles. The van der Waals surface area contributed by atoms with Gasteiger partial charge >= 0.3 is 0 Å². The number of hydrogen-bond acceptors (Lipinski definition) is 5. The predicted octanol–water partition coefficient (Wildman–Crippen LogP) is 2.93. The van der Waals surface area contributed by atoms with Gasteiger partial charge in [0.1, 0.15) is 5.75 Å². The molecule has 132 valence electrons. The number of aryl methyl sites for hydroxylation is 1. The van der Waals surface area contributed by atoms with E-state index in [1.165, 1.54) is 6.21 Å². The number of carbonyl (C=O) groups excluding carboxylic acids is 1. The number of rotatable bonds is 8. The number of nitrogens with one attached hydrogen (secondary N) is 1. The van der Waals surface area contributed by atoms with Crippen molar-refractivity contribution in [3.63, 3.8) is 0 Å². The maximum atomic E-state index is 11.7. The number of hydrogen-bond donors (Lipinski definition) is 1. The van der Waals surface area contributed by atoms with Crippen molar-refractivity contribution in [1.29, 1.82) is 0 Å². The van der Waals surface area contributed by atoms with Crippen LogP contribution >= 0.6 is 0 Å². The van der Waals surface area contributed by atoms with E-state index in [0.717, 1.165) is 11.1 Å². The fraction of sp³-hybridized carbons (Fsp3) is 0.263. The van der Waals surface area contributed by atoms with Crippen molar-refractivity contribution in [1.82, 2.24) is 5.43 Å². The van der Waals surface area contributed by atoms with E-state index in [2.05, 4.69) is 10.5 Å². The van der Waals surface area contributed by atoms with Gasteiger partial charge in [-0.15, -0.1) is 0 Å². The van der Waals surface area contributed by atoms with Gasteiger partial charge in [0.05, 0.1) is 19.9 Å². The lowest BCUT2D eigenvalue weighted by atomic mass is 10.2. The summed E-state index contributed by atoms with van der Waals surface area (Å²) in [5.74, 6) is 1.58. The predicted molar refractivity (Wildman–Crippen MR) is 96.6 cm³/mol. The standard InChI is InChI=1S/C19H22N2O4/c1-4-24-17-10-7-15(11-18(17)23-3)12-20-21-19(22)13-25-16-8-5-14(2)6-9-16/h5-12H,4,13H2,1-3H3,(H,21,22)/b20-12+. The number of amides is 1. The van der Waals surface area contributed by atoms with E-state index in [-0.39, 0.29) is 12.5 Å². The van der Waals surface area contributed by atoms with Crippen LogP contribution in [-0.2, 0) is 4.79 Å². The average molecular weight is 342 g/mol. The van der Waals surface area contributed by atoms with Gasteiger partial charge in [-0.3, -0.25) is 4.79 Å². The number of carbonyl (C=O) groups is 1. The number of benzene rings is 2. The Morgan fingerprint density at radius 3 is 2.56 bits per heavy atom. The first-order valence-corrected chi connectivity index (χ1v) is 7.94. The van der Waals surface area contributed by atoms with Crippen LogP contribution in [0.3, 0.4) is 0 Å². The summed E-state index contributed by atoms with van der Waals surface area (Å²) in [6, 6.07) is 12.9. The molecule has 0 bridgehead atoms. The lowest BCUT2D eigenvalue weighted by Crippen LogP contribution is -2.24. The maximum Gasteiger partial charge on any atom is 0.277 e. The molecule has 6 nitrogen and oxygen atoms in total. The van der Waals surface area contributed by atoms with Gasteiger partial charge in [0, 0.05) is 0 Å². The highest BCUT2D eigenvalue weighted by molar-refractivity contribution is 5.83. The summed E-state index contributed by atoms with van der Waals surface area (Å²) in [5, 5.41) is 3.92. The van der Waals surface area contributed by atoms with Gasteiger partial charge in [0.25, 0.3) is 5.91 Å². The van der Waals surface area contributed by atoms with Gasteiger partial charge in [-0.05, 0) is 49.7 Å². The maximum absolute atomic E-state index is 11.7. The second-order valence-electron chi connectivity index (χ2n) is 5.24. The van der Waals surface area contributed by atoms with Crippen LogP contribution in [0.15, 0.2) is 47.6 Å². The molecular formula is C19H22N2O4. The first-order chi connectivity index (χ1) is 12.1. The molecular weight excluding hydrogens is 320 g/mol. The number of hydrazone groups is 1. The lowest BCUT2D eigenvalue weighted by Gasteiger charge is -2.09. The summed E-state index contributed by atoms with van der Waals surface area (Å²) in [6.45, 7) is 4.35. The highest BCUT2D eigenvalue weighted by Crippen LogP contribution is 2.27. The van der Waals surface area contributed by atoms with Crippen molar-refractivity contribution in [2.75, 3.05) is 20.3 Å². The molecule has 2 rings (SSSR count). The fourth-order valence-corrected chi connectivity index (χ4v) is 2.03. The third-order valence-corrected chi connectivity index (χ3v) is 3.28. The molecule has 0 fully saturated rings. The Morgan fingerprint density at radius 2 is 1.88 bits per heavy atom. The normalized spacial score (nSPS) is 10.5. The van der Waals surface area contributed by atoms with Gasteiger partial charge in [-0.2, -0.15) is 5.10 Å². The smallest absolute Gasteiger partial charge is 0.277 e. The zero-order valence-electron chi connectivity index (χ0n) is 14.6. The molecule has 6 heteroatoms. The molecule has 0 heterocycles. The molecule has 0 spiro atoms. The van der Waals surface area contributed by atoms with E-state index in [1.54, 1.807) is 19.2 Å². The van der Waals surface area contributed by atoms with Crippen molar-refractivity contribution in [3.05, 3.63) is 53.6 Å². The SMILES string of the molecule is CCOc1ccc(/C=N/NC(=O)COc2ccc(C)cc2)cc1OC. The topological polar surface area (TPSA) is 69.2 Å². The minimum atomic E-state index is -0.338. The molecule has 0 aliphatic rings. The van der Waals surface area contributed by atoms with Crippen LogP contribution in [0.2, 0.25) is 0 Å². The molecule has 1 amide bonds. The molecule has 2 aromatic rings. The molecule has 0 radical (unpaired) electrons. The van der Waals surface area contributed by atoms with E-state index in [4.69, 9.17) is 14.2 Å². The van der Waals surface area contributed by atoms with Crippen LogP contribution in [0.1, 0.15) is 18.1 Å². The van der Waals surface area contributed by atoms with Crippen LogP contribution < -0.4 is 19.6 Å². The molecule has 0 aromatic heterocycles. The monoisotopic (exact) mass is 342 g/mol. The first kappa shape index (κ1) is 18.3. The summed E-state index contributed by atoms with van der Waals surface area (Å²) in [5.41, 5.74) is 4.33. The van der Waals surface area contributed by atoms with Crippen LogP contribution in [0.5, 0.6) is 17.2 Å². The Morgan fingerprint density at radius 1 is 1.12 bits per heavy atom. The van der Waals surface area contributed by atoms with Crippen LogP contribution in [0, 0.1) is 6.92 Å². The summed E-state index contributed by atoms with van der Waals surface area (Å²) < 4.78 is 16.1. The minimum Gasteiger partial charge on any atom is -0.493 e. The largest absolute Gasteiger partial charge is 0.493 e. The zero-order chi connectivity index (χ0) is 18.1. The fourth-order valence-electron chi connectivity index (χ4n) is 2.03. The van der Waals surface area contributed by atoms with E-state index >= 15 is 0 Å². The van der Waals surface area contributed by atoms with Crippen molar-refractivity contribution in [2.24, 2.45) is 5.10 Å². The van der Waals surface area contributed by atoms with Gasteiger partial charge in [0.15, 0.2) is 18.1 Å². The molecule has 25 heavy (non-hydrogen) atoms. The van der Waals surface area contributed by atoms with Crippen molar-refractivity contribution in [2.45, 2.75) is 13.8 Å². The van der Waals surface area contributed by atoms with Crippen molar-refractivity contribution in [3.8, 4) is 17.2 Å². The Balaban J connectivity index is 1.85. The Bertz CT molecular complexity index is 727. The summed E-state index contributed by atoms with van der Waals surface area (Å²) >= 11 is 0. The zero-order valence-corrected chi connectivity index (χ0v) is 14.6. The Kier molecular flexibility index (Phi) is 6.83. The van der Waals surface area contributed by atoms with E-state index < -0.39 is 0 Å². The summed E-state index contributed by atoms with van der Waals surface area (Å²) in [7, 11) is 1.57. The Labute approximate surface area is 147 Å². The van der Waals surface area contributed by atoms with Crippen molar-refractivity contribution >= 4 is 12.1 Å². The third-order valence-electron chi connectivity index (χ3n) is 3.28. The minimum absolute atomic E-state index is 0.104. The van der Waals surface area contributed by atoms with Gasteiger partial charge in [-0.25, -0.2) is 5.43 Å².